The molecule has 0 unspecified atom stereocenters. The molecule has 0 saturated carbocycles. The van der Waals surface area contributed by atoms with Gasteiger partial charge in [0.2, 0.25) is 0 Å². The molecule has 0 amide bonds. The van der Waals surface area contributed by atoms with E-state index in [1.54, 1.807) is 0 Å². The molecule has 0 atom stereocenters. The molecule has 0 aliphatic heterocycles. The van der Waals surface area contributed by atoms with Gasteiger partial charge in [-0.15, -0.1) is 0 Å². The van der Waals surface area contributed by atoms with Gasteiger partial charge in [0.25, 0.3) is 0 Å². The molecule has 88 valence electrons. The van der Waals surface area contributed by atoms with Crippen LogP contribution >= 0.6 is 0 Å². The summed E-state index contributed by atoms with van der Waals surface area (Å²) in [6.07, 6.45) is 0. The molecule has 0 aliphatic carbocycles. The minimum Gasteiger partial charge on any atom is -0.412 e. The fourth-order valence-corrected chi connectivity index (χ4v) is 0. The van der Waals surface area contributed by atoms with Crippen LogP contribution in [0.4, 0.5) is 0 Å². The van der Waals surface area contributed by atoms with E-state index in [1.807, 2.05) is 0 Å². The van der Waals surface area contributed by atoms with Crippen molar-refractivity contribution >= 4 is 17.3 Å². The van der Waals surface area contributed by atoms with Gasteiger partial charge in [0, 0.05) is 0 Å². The Morgan fingerprint density at radius 2 is 0.571 bits per heavy atom. The average Bonchev–Trinajstić information content (AvgIpc) is 1.54. The molecule has 0 bridgehead atoms. The summed E-state index contributed by atoms with van der Waals surface area (Å²) < 4.78 is 0. The lowest BCUT2D eigenvalue weighted by atomic mass is 10.6. The SMILES string of the molecule is CC(C)=O.CC(C)=O.CC(C)=O.N.O. The van der Waals surface area contributed by atoms with Crippen LogP contribution in [0, 0.1) is 0 Å². The molecule has 5 heteroatoms. The van der Waals surface area contributed by atoms with E-state index in [1.165, 1.54) is 41.5 Å². The summed E-state index contributed by atoms with van der Waals surface area (Å²) in [6.45, 7) is 9.17. The Kier molecular flexibility index (Phi) is 47.4. The van der Waals surface area contributed by atoms with Crippen molar-refractivity contribution in [2.24, 2.45) is 0 Å². The first-order chi connectivity index (χ1) is 5.20. The highest BCUT2D eigenvalue weighted by Crippen LogP contribution is 1.51. The Labute approximate surface area is 85.8 Å². The zero-order valence-corrected chi connectivity index (χ0v) is 9.93. The Morgan fingerprint density at radius 3 is 0.571 bits per heavy atom. The second kappa shape index (κ2) is 22.7. The van der Waals surface area contributed by atoms with E-state index in [0.29, 0.717) is 0 Å². The third-order valence-electron chi connectivity index (χ3n) is 0. The fraction of sp³-hybridized carbons (Fsp3) is 0.667. The maximum Gasteiger partial charge on any atom is 0.126 e. The zero-order valence-electron chi connectivity index (χ0n) is 9.93. The number of rotatable bonds is 0. The van der Waals surface area contributed by atoms with E-state index in [-0.39, 0.29) is 29.0 Å². The van der Waals surface area contributed by atoms with Crippen LogP contribution in [-0.2, 0) is 14.4 Å². The van der Waals surface area contributed by atoms with Crippen molar-refractivity contribution in [2.75, 3.05) is 0 Å². The Balaban J connectivity index is -0.0000000270. The average molecular weight is 209 g/mol. The number of hydrogen-bond donors (Lipinski definition) is 1. The van der Waals surface area contributed by atoms with Crippen LogP contribution in [0.5, 0.6) is 0 Å². The molecule has 5 nitrogen and oxygen atoms in total. The lowest BCUT2D eigenvalue weighted by Crippen LogP contribution is -1.69. The highest BCUT2D eigenvalue weighted by atomic mass is 16.1. The van der Waals surface area contributed by atoms with Crippen molar-refractivity contribution in [3.63, 3.8) is 0 Å². The molecule has 0 rings (SSSR count). The molecule has 0 aromatic heterocycles. The highest BCUT2D eigenvalue weighted by Gasteiger charge is 1.63. The van der Waals surface area contributed by atoms with Crippen LogP contribution in [0.3, 0.4) is 0 Å². The Morgan fingerprint density at radius 1 is 0.571 bits per heavy atom. The molecule has 0 fully saturated rings. The fourth-order valence-electron chi connectivity index (χ4n) is 0. The van der Waals surface area contributed by atoms with Gasteiger partial charge in [-0.3, -0.25) is 0 Å². The minimum absolute atomic E-state index is 0. The largest absolute Gasteiger partial charge is 0.412 e. The van der Waals surface area contributed by atoms with Crippen LogP contribution in [-0.4, -0.2) is 22.8 Å². The smallest absolute Gasteiger partial charge is 0.126 e. The normalized spacial score (nSPS) is 5.57. The van der Waals surface area contributed by atoms with E-state index >= 15 is 0 Å². The van der Waals surface area contributed by atoms with Crippen molar-refractivity contribution in [2.45, 2.75) is 41.5 Å². The second-order valence-electron chi connectivity index (χ2n) is 2.72. The Bertz CT molecular complexity index is 114. The summed E-state index contributed by atoms with van der Waals surface area (Å²) in [6, 6.07) is 0. The van der Waals surface area contributed by atoms with Gasteiger partial charge in [0.05, 0.1) is 0 Å². The standard InChI is InChI=1S/3C3H6O.H3N.H2O/c3*1-3(2)4;;/h3*1-2H3;1H3;1H2. The molecular weight excluding hydrogens is 186 g/mol. The van der Waals surface area contributed by atoms with Crippen LogP contribution in [0.2, 0.25) is 0 Å². The van der Waals surface area contributed by atoms with Gasteiger partial charge >= 0.3 is 0 Å². The van der Waals surface area contributed by atoms with Gasteiger partial charge in [-0.2, -0.15) is 0 Å². The number of ketones is 3. The van der Waals surface area contributed by atoms with E-state index in [9.17, 15) is 14.4 Å². The summed E-state index contributed by atoms with van der Waals surface area (Å²) >= 11 is 0. The van der Waals surface area contributed by atoms with E-state index < -0.39 is 0 Å². The molecule has 0 aromatic rings. The molecule has 0 radical (unpaired) electrons. The van der Waals surface area contributed by atoms with E-state index in [4.69, 9.17) is 0 Å². The summed E-state index contributed by atoms with van der Waals surface area (Å²) in [5, 5.41) is 0. The van der Waals surface area contributed by atoms with Crippen LogP contribution in [0.15, 0.2) is 0 Å². The number of carbonyl (C=O) groups is 3. The van der Waals surface area contributed by atoms with Gasteiger partial charge in [0.1, 0.15) is 17.3 Å². The number of Topliss-reactive ketones (excluding diaryl/α,β-unsaturated/α-hetero) is 3. The lowest BCUT2D eigenvalue weighted by molar-refractivity contribution is -0.115. The van der Waals surface area contributed by atoms with Crippen molar-refractivity contribution in [3.05, 3.63) is 0 Å². The van der Waals surface area contributed by atoms with Gasteiger partial charge in [-0.1, -0.05) is 0 Å². The first-order valence-electron chi connectivity index (χ1n) is 3.61. The summed E-state index contributed by atoms with van der Waals surface area (Å²) in [5.74, 6) is 0.500. The zero-order chi connectivity index (χ0) is 10.7. The first-order valence-corrected chi connectivity index (χ1v) is 3.61. The first kappa shape index (κ1) is 29.3. The summed E-state index contributed by atoms with van der Waals surface area (Å²) in [5.41, 5.74) is 0. The molecule has 0 aromatic carbocycles. The monoisotopic (exact) mass is 209 g/mol. The van der Waals surface area contributed by atoms with Gasteiger partial charge in [-0.05, 0) is 41.5 Å². The van der Waals surface area contributed by atoms with Crippen molar-refractivity contribution in [1.29, 1.82) is 0 Å². The summed E-state index contributed by atoms with van der Waals surface area (Å²) in [7, 11) is 0. The molecule has 14 heavy (non-hydrogen) atoms. The lowest BCUT2D eigenvalue weighted by Gasteiger charge is -1.56. The summed E-state index contributed by atoms with van der Waals surface area (Å²) in [4.78, 5) is 28.3. The minimum atomic E-state index is 0. The van der Waals surface area contributed by atoms with Gasteiger partial charge in [-0.25, -0.2) is 0 Å². The quantitative estimate of drug-likeness (QED) is 0.643. The predicted molar refractivity (Wildman–Crippen MR) is 57.7 cm³/mol. The van der Waals surface area contributed by atoms with E-state index in [0.717, 1.165) is 0 Å². The van der Waals surface area contributed by atoms with Crippen molar-refractivity contribution < 1.29 is 19.9 Å². The number of hydrogen-bond acceptors (Lipinski definition) is 4. The van der Waals surface area contributed by atoms with E-state index in [2.05, 4.69) is 0 Å². The Hall–Kier alpha value is -1.07. The third-order valence-corrected chi connectivity index (χ3v) is 0. The van der Waals surface area contributed by atoms with Crippen molar-refractivity contribution in [3.8, 4) is 0 Å². The maximum absolute atomic E-state index is 9.44. The topological polar surface area (TPSA) is 118 Å². The third kappa shape index (κ3) is 941. The molecule has 0 aliphatic rings. The molecular formula is C9H23NO4. The van der Waals surface area contributed by atoms with Crippen molar-refractivity contribution in [1.82, 2.24) is 6.15 Å². The molecule has 0 saturated heterocycles. The van der Waals surface area contributed by atoms with Crippen LogP contribution in [0.1, 0.15) is 41.5 Å². The second-order valence-corrected chi connectivity index (χ2v) is 2.72. The molecule has 0 spiro atoms. The molecule has 5 N–H and O–H groups in total. The molecule has 0 heterocycles. The number of carbonyl (C=O) groups excluding carboxylic acids is 3. The van der Waals surface area contributed by atoms with Crippen LogP contribution in [0.25, 0.3) is 0 Å². The van der Waals surface area contributed by atoms with Gasteiger partial charge < -0.3 is 26.0 Å². The maximum atomic E-state index is 9.44. The predicted octanol–water partition coefficient (Wildman–Crippen LogP) is 1.12. The van der Waals surface area contributed by atoms with Gasteiger partial charge in [0.15, 0.2) is 0 Å². The highest BCUT2D eigenvalue weighted by molar-refractivity contribution is 5.72. The van der Waals surface area contributed by atoms with Crippen LogP contribution < -0.4 is 6.15 Å².